The molecule has 7 heteroatoms. The zero-order valence-corrected chi connectivity index (χ0v) is 16.0. The Kier molecular flexibility index (Phi) is 5.98. The Bertz CT molecular complexity index is 877. The molecule has 6 nitrogen and oxygen atoms in total. The number of benzene rings is 1. The first-order valence-corrected chi connectivity index (χ1v) is 8.89. The lowest BCUT2D eigenvalue weighted by molar-refractivity contribution is 0.0778. The maximum Gasteiger partial charge on any atom is 0.272 e. The van der Waals surface area contributed by atoms with E-state index in [9.17, 15) is 4.79 Å². The first-order chi connectivity index (χ1) is 12.8. The quantitative estimate of drug-likeness (QED) is 0.731. The fraction of sp³-hybridized carbons (Fsp3) is 0.300. The average Bonchev–Trinajstić information content (AvgIpc) is 3.42. The van der Waals surface area contributed by atoms with Crippen LogP contribution in [0.4, 0.5) is 0 Å². The van der Waals surface area contributed by atoms with Crippen molar-refractivity contribution in [2.45, 2.75) is 6.42 Å². The van der Waals surface area contributed by atoms with Gasteiger partial charge >= 0.3 is 0 Å². The first-order valence-electron chi connectivity index (χ1n) is 8.89. The lowest BCUT2D eigenvalue weighted by Gasteiger charge is -2.17. The molecule has 1 unspecified atom stereocenters. The minimum absolute atomic E-state index is 0. The molecule has 0 saturated carbocycles. The molecule has 1 amide bonds. The van der Waals surface area contributed by atoms with Gasteiger partial charge in [0.05, 0.1) is 12.0 Å². The van der Waals surface area contributed by atoms with Crippen molar-refractivity contribution >= 4 is 18.3 Å². The second-order valence-electron chi connectivity index (χ2n) is 6.60. The van der Waals surface area contributed by atoms with Crippen LogP contribution in [0.15, 0.2) is 59.2 Å². The van der Waals surface area contributed by atoms with E-state index in [0.717, 1.165) is 31.7 Å². The van der Waals surface area contributed by atoms with Crippen molar-refractivity contribution in [3.8, 4) is 17.1 Å². The van der Waals surface area contributed by atoms with Crippen molar-refractivity contribution < 1.29 is 9.21 Å². The van der Waals surface area contributed by atoms with Gasteiger partial charge in [-0.2, -0.15) is 5.10 Å². The van der Waals surface area contributed by atoms with E-state index >= 15 is 0 Å². The van der Waals surface area contributed by atoms with Crippen LogP contribution >= 0.6 is 12.4 Å². The number of amides is 1. The van der Waals surface area contributed by atoms with Gasteiger partial charge in [-0.1, -0.05) is 18.2 Å². The van der Waals surface area contributed by atoms with Crippen LogP contribution in [0, 0.1) is 5.92 Å². The summed E-state index contributed by atoms with van der Waals surface area (Å²) >= 11 is 0. The molecular weight excluding hydrogens is 364 g/mol. The summed E-state index contributed by atoms with van der Waals surface area (Å²) in [7, 11) is 1.95. The molecule has 142 valence electrons. The Morgan fingerprint density at radius 1 is 1.26 bits per heavy atom. The summed E-state index contributed by atoms with van der Waals surface area (Å²) in [5.41, 5.74) is 2.08. The lowest BCUT2D eigenvalue weighted by Crippen LogP contribution is -2.31. The van der Waals surface area contributed by atoms with E-state index < -0.39 is 0 Å². The molecule has 1 saturated heterocycles. The molecule has 0 radical (unpaired) electrons. The molecule has 0 spiro atoms. The molecule has 4 rings (SSSR count). The molecule has 1 aliphatic heterocycles. The van der Waals surface area contributed by atoms with Gasteiger partial charge in [-0.15, -0.1) is 12.4 Å². The minimum Gasteiger partial charge on any atom is -0.463 e. The highest BCUT2D eigenvalue weighted by atomic mass is 35.5. The van der Waals surface area contributed by atoms with E-state index in [2.05, 4.69) is 10.4 Å². The third kappa shape index (κ3) is 3.91. The van der Waals surface area contributed by atoms with Crippen LogP contribution in [0.5, 0.6) is 0 Å². The Hall–Kier alpha value is -2.57. The topological polar surface area (TPSA) is 63.3 Å². The largest absolute Gasteiger partial charge is 0.463 e. The normalized spacial score (nSPS) is 16.3. The van der Waals surface area contributed by atoms with Crippen molar-refractivity contribution in [2.24, 2.45) is 5.92 Å². The summed E-state index contributed by atoms with van der Waals surface area (Å²) in [5, 5.41) is 7.83. The van der Waals surface area contributed by atoms with Crippen LogP contribution in [0.3, 0.4) is 0 Å². The molecule has 1 atom stereocenters. The third-order valence-electron chi connectivity index (χ3n) is 4.77. The van der Waals surface area contributed by atoms with Crippen LogP contribution < -0.4 is 5.32 Å². The molecule has 0 bridgehead atoms. The van der Waals surface area contributed by atoms with Gasteiger partial charge in [-0.3, -0.25) is 4.79 Å². The van der Waals surface area contributed by atoms with Crippen LogP contribution in [0.2, 0.25) is 0 Å². The Labute approximate surface area is 164 Å². The van der Waals surface area contributed by atoms with Crippen molar-refractivity contribution in [3.63, 3.8) is 0 Å². The molecule has 1 fully saturated rings. The highest BCUT2D eigenvalue weighted by molar-refractivity contribution is 5.94. The highest BCUT2D eigenvalue weighted by Gasteiger charge is 2.29. The van der Waals surface area contributed by atoms with Crippen molar-refractivity contribution in [1.82, 2.24) is 20.0 Å². The Morgan fingerprint density at radius 3 is 2.78 bits per heavy atom. The average molecular weight is 387 g/mol. The second kappa shape index (κ2) is 8.41. The van der Waals surface area contributed by atoms with Gasteiger partial charge < -0.3 is 14.6 Å². The molecule has 1 N–H and O–H groups in total. The van der Waals surface area contributed by atoms with Gasteiger partial charge in [0, 0.05) is 19.2 Å². The summed E-state index contributed by atoms with van der Waals surface area (Å²) in [5.74, 6) is 1.17. The number of aromatic nitrogens is 2. The number of carbonyl (C=O) groups excluding carboxylic acids is 1. The maximum absolute atomic E-state index is 13.2. The molecule has 1 aromatic carbocycles. The van der Waals surface area contributed by atoms with Crippen molar-refractivity contribution in [1.29, 1.82) is 0 Å². The van der Waals surface area contributed by atoms with Gasteiger partial charge in [0.15, 0.2) is 5.76 Å². The highest BCUT2D eigenvalue weighted by Crippen LogP contribution is 2.25. The second-order valence-corrected chi connectivity index (χ2v) is 6.60. The summed E-state index contributed by atoms with van der Waals surface area (Å²) in [4.78, 5) is 15.1. The first kappa shape index (κ1) is 19.2. The number of hydrogen-bond donors (Lipinski definition) is 1. The van der Waals surface area contributed by atoms with Crippen molar-refractivity contribution in [2.75, 3.05) is 26.7 Å². The number of hydrogen-bond acceptors (Lipinski definition) is 4. The number of nitrogens with zero attached hydrogens (tertiary/aromatic N) is 3. The summed E-state index contributed by atoms with van der Waals surface area (Å²) in [6.07, 6.45) is 2.64. The SMILES string of the molecule is CNCC1CCN(C(=O)c2cc(-c3ccco3)nn2-c2ccccc2)C1.Cl. The number of halogens is 1. The van der Waals surface area contributed by atoms with Gasteiger partial charge in [0.1, 0.15) is 11.4 Å². The van der Waals surface area contributed by atoms with Crippen LogP contribution in [-0.2, 0) is 0 Å². The molecule has 1 aliphatic rings. The molecule has 3 aromatic rings. The molecule has 27 heavy (non-hydrogen) atoms. The maximum atomic E-state index is 13.2. The fourth-order valence-electron chi connectivity index (χ4n) is 3.48. The van der Waals surface area contributed by atoms with Gasteiger partial charge in [0.25, 0.3) is 5.91 Å². The summed E-state index contributed by atoms with van der Waals surface area (Å²) in [6, 6.07) is 15.2. The van der Waals surface area contributed by atoms with E-state index in [-0.39, 0.29) is 18.3 Å². The predicted molar refractivity (Wildman–Crippen MR) is 106 cm³/mol. The summed E-state index contributed by atoms with van der Waals surface area (Å²) in [6.45, 7) is 2.48. The Morgan fingerprint density at radius 2 is 2.07 bits per heavy atom. The number of likely N-dealkylation sites (tertiary alicyclic amines) is 1. The molecule has 3 heterocycles. The predicted octanol–water partition coefficient (Wildman–Crippen LogP) is 3.24. The van der Waals surface area contributed by atoms with E-state index in [4.69, 9.17) is 4.42 Å². The van der Waals surface area contributed by atoms with E-state index in [1.165, 1.54) is 0 Å². The van der Waals surface area contributed by atoms with E-state index in [1.54, 1.807) is 10.9 Å². The molecule has 2 aromatic heterocycles. The molecular formula is C20H23ClN4O2. The van der Waals surface area contributed by atoms with E-state index in [1.807, 2.05) is 60.5 Å². The smallest absolute Gasteiger partial charge is 0.272 e. The number of rotatable bonds is 5. The van der Waals surface area contributed by atoms with E-state index in [0.29, 0.717) is 23.1 Å². The molecule has 0 aliphatic carbocycles. The van der Waals surface area contributed by atoms with Crippen molar-refractivity contribution in [3.05, 3.63) is 60.5 Å². The number of carbonyl (C=O) groups is 1. The van der Waals surface area contributed by atoms with Crippen LogP contribution in [0.25, 0.3) is 17.1 Å². The minimum atomic E-state index is 0. The standard InChI is InChI=1S/C20H22N4O2.ClH/c1-21-13-15-9-10-23(14-15)20(25)18-12-17(19-8-5-11-26-19)22-24(18)16-6-3-2-4-7-16;/h2-8,11-12,15,21H,9-10,13-14H2,1H3;1H. The van der Waals surface area contributed by atoms with Gasteiger partial charge in [-0.25, -0.2) is 4.68 Å². The van der Waals surface area contributed by atoms with Gasteiger partial charge in [0.2, 0.25) is 0 Å². The Balaban J connectivity index is 0.00000210. The fourth-order valence-corrected chi connectivity index (χ4v) is 3.48. The van der Waals surface area contributed by atoms with Gasteiger partial charge in [-0.05, 0) is 50.2 Å². The van der Waals surface area contributed by atoms with Crippen LogP contribution in [-0.4, -0.2) is 47.3 Å². The number of furan rings is 1. The zero-order valence-electron chi connectivity index (χ0n) is 15.2. The summed E-state index contributed by atoms with van der Waals surface area (Å²) < 4.78 is 7.18. The zero-order chi connectivity index (χ0) is 17.9. The number of para-hydroxylation sites is 1. The lowest BCUT2D eigenvalue weighted by atomic mass is 10.1. The number of nitrogens with one attached hydrogen (secondary N) is 1. The monoisotopic (exact) mass is 386 g/mol. The van der Waals surface area contributed by atoms with Crippen LogP contribution in [0.1, 0.15) is 16.9 Å². The third-order valence-corrected chi connectivity index (χ3v) is 4.77.